The summed E-state index contributed by atoms with van der Waals surface area (Å²) in [5.74, 6) is -2.75. The molecule has 1 aliphatic heterocycles. The van der Waals surface area contributed by atoms with Crippen molar-refractivity contribution < 1.29 is 14.4 Å². The van der Waals surface area contributed by atoms with Crippen LogP contribution in [0.4, 0.5) is 11.4 Å². The average molecular weight is 438 g/mol. The molecule has 1 saturated heterocycles. The molecular formula is C22H23N5O3S. The van der Waals surface area contributed by atoms with E-state index in [1.807, 2.05) is 51.1 Å². The van der Waals surface area contributed by atoms with Crippen molar-refractivity contribution in [3.63, 3.8) is 0 Å². The van der Waals surface area contributed by atoms with Crippen molar-refractivity contribution in [2.75, 3.05) is 16.8 Å². The third kappa shape index (κ3) is 5.32. The van der Waals surface area contributed by atoms with Gasteiger partial charge in [0.25, 0.3) is 11.8 Å². The highest BCUT2D eigenvalue weighted by atomic mass is 32.1. The van der Waals surface area contributed by atoms with Crippen LogP contribution in [0, 0.1) is 26.7 Å². The second-order valence-corrected chi connectivity index (χ2v) is 7.63. The van der Waals surface area contributed by atoms with Crippen LogP contribution in [0.3, 0.4) is 0 Å². The number of hydrogen-bond donors (Lipinski definition) is 3. The molecule has 3 N–H and O–H groups in total. The number of amides is 3. The predicted molar refractivity (Wildman–Crippen MR) is 124 cm³/mol. The fourth-order valence-electron chi connectivity index (χ4n) is 2.92. The Bertz CT molecular complexity index is 1070. The van der Waals surface area contributed by atoms with E-state index < -0.39 is 23.6 Å². The zero-order chi connectivity index (χ0) is 22.5. The van der Waals surface area contributed by atoms with Crippen molar-refractivity contribution in [3.8, 4) is 0 Å². The Hall–Kier alpha value is -3.59. The maximum absolute atomic E-state index is 12.8. The molecule has 0 unspecified atom stereocenters. The van der Waals surface area contributed by atoms with Gasteiger partial charge in [-0.15, -0.1) is 0 Å². The molecule has 2 aromatic rings. The van der Waals surface area contributed by atoms with Crippen LogP contribution >= 0.6 is 12.2 Å². The lowest BCUT2D eigenvalue weighted by atomic mass is 10.1. The largest absolute Gasteiger partial charge is 0.376 e. The SMILES string of the molecule is Cc1ccc(N2C(=O)[C@@H](/C=N/NC(=O)CNc3ccc(C)c(C)c3)C(=O)NC2=S)cc1. The Morgan fingerprint density at radius 2 is 1.84 bits per heavy atom. The van der Waals surface area contributed by atoms with E-state index in [9.17, 15) is 14.4 Å². The number of aryl methyl sites for hydroxylation is 3. The standard InChI is InChI=1S/C22H23N5O3S/c1-13-4-8-17(9-5-13)27-21(30)18(20(29)25-22(27)31)11-24-26-19(28)12-23-16-7-6-14(2)15(3)10-16/h4-11,18,23H,12H2,1-3H3,(H,26,28)(H,25,29,31)/b24-11+/t18-/m0/s1. The lowest BCUT2D eigenvalue weighted by molar-refractivity contribution is -0.130. The number of nitrogens with one attached hydrogen (secondary N) is 3. The average Bonchev–Trinajstić information content (AvgIpc) is 2.72. The van der Waals surface area contributed by atoms with Crippen molar-refractivity contribution in [1.29, 1.82) is 0 Å². The predicted octanol–water partition coefficient (Wildman–Crippen LogP) is 2.19. The fraction of sp³-hybridized carbons (Fsp3) is 0.227. The highest BCUT2D eigenvalue weighted by Crippen LogP contribution is 2.20. The monoisotopic (exact) mass is 437 g/mol. The maximum atomic E-state index is 12.8. The van der Waals surface area contributed by atoms with Gasteiger partial charge in [0.1, 0.15) is 0 Å². The van der Waals surface area contributed by atoms with Gasteiger partial charge in [0.15, 0.2) is 11.0 Å². The Morgan fingerprint density at radius 1 is 1.13 bits per heavy atom. The van der Waals surface area contributed by atoms with E-state index in [-0.39, 0.29) is 11.7 Å². The molecule has 160 valence electrons. The molecule has 1 heterocycles. The van der Waals surface area contributed by atoms with Gasteiger partial charge >= 0.3 is 0 Å². The van der Waals surface area contributed by atoms with Gasteiger partial charge in [-0.2, -0.15) is 5.10 Å². The van der Waals surface area contributed by atoms with Gasteiger partial charge in [-0.05, 0) is 68.4 Å². The summed E-state index contributed by atoms with van der Waals surface area (Å²) in [4.78, 5) is 38.4. The lowest BCUT2D eigenvalue weighted by Crippen LogP contribution is -2.58. The Labute approximate surface area is 185 Å². The lowest BCUT2D eigenvalue weighted by Gasteiger charge is -2.30. The van der Waals surface area contributed by atoms with E-state index in [0.29, 0.717) is 5.69 Å². The zero-order valence-electron chi connectivity index (χ0n) is 17.4. The molecular weight excluding hydrogens is 414 g/mol. The van der Waals surface area contributed by atoms with Crippen molar-refractivity contribution in [2.24, 2.45) is 11.0 Å². The van der Waals surface area contributed by atoms with Crippen LogP contribution in [0.2, 0.25) is 0 Å². The second kappa shape index (κ2) is 9.48. The van der Waals surface area contributed by atoms with Crippen molar-refractivity contribution in [2.45, 2.75) is 20.8 Å². The molecule has 8 nitrogen and oxygen atoms in total. The van der Waals surface area contributed by atoms with E-state index in [0.717, 1.165) is 28.6 Å². The second-order valence-electron chi connectivity index (χ2n) is 7.25. The topological polar surface area (TPSA) is 103 Å². The van der Waals surface area contributed by atoms with Crippen LogP contribution in [-0.2, 0) is 14.4 Å². The number of rotatable bonds is 6. The quantitative estimate of drug-likeness (QED) is 0.278. The van der Waals surface area contributed by atoms with Crippen LogP contribution < -0.4 is 21.0 Å². The van der Waals surface area contributed by atoms with E-state index in [1.54, 1.807) is 12.1 Å². The maximum Gasteiger partial charge on any atom is 0.259 e. The summed E-state index contributed by atoms with van der Waals surface area (Å²) in [6, 6.07) is 13.0. The fourth-order valence-corrected chi connectivity index (χ4v) is 3.21. The number of hydrazone groups is 1. The first-order chi connectivity index (χ1) is 14.8. The van der Waals surface area contributed by atoms with Crippen molar-refractivity contribution in [3.05, 3.63) is 59.2 Å². The number of anilines is 2. The summed E-state index contributed by atoms with van der Waals surface area (Å²) in [5, 5.41) is 9.29. The Balaban J connectivity index is 1.60. The van der Waals surface area contributed by atoms with Crippen LogP contribution in [0.15, 0.2) is 47.6 Å². The molecule has 9 heteroatoms. The van der Waals surface area contributed by atoms with Gasteiger partial charge in [-0.1, -0.05) is 23.8 Å². The van der Waals surface area contributed by atoms with Gasteiger partial charge < -0.3 is 10.6 Å². The summed E-state index contributed by atoms with van der Waals surface area (Å²) in [6.45, 7) is 5.91. The number of carbonyl (C=O) groups is 3. The highest BCUT2D eigenvalue weighted by Gasteiger charge is 2.38. The molecule has 0 radical (unpaired) electrons. The molecule has 3 rings (SSSR count). The minimum Gasteiger partial charge on any atom is -0.376 e. The molecule has 31 heavy (non-hydrogen) atoms. The van der Waals surface area contributed by atoms with Crippen molar-refractivity contribution >= 4 is 52.6 Å². The van der Waals surface area contributed by atoms with Gasteiger partial charge in [0.2, 0.25) is 5.91 Å². The number of thiocarbonyl (C=S) groups is 1. The van der Waals surface area contributed by atoms with Gasteiger partial charge in [0, 0.05) is 11.9 Å². The van der Waals surface area contributed by atoms with Crippen LogP contribution in [0.5, 0.6) is 0 Å². The first-order valence-corrected chi connectivity index (χ1v) is 10.1. The summed E-state index contributed by atoms with van der Waals surface area (Å²) in [7, 11) is 0. The van der Waals surface area contributed by atoms with Crippen LogP contribution in [0.1, 0.15) is 16.7 Å². The first kappa shape index (κ1) is 22.1. The van der Waals surface area contributed by atoms with E-state index >= 15 is 0 Å². The number of carbonyl (C=O) groups excluding carboxylic acids is 3. The molecule has 1 aliphatic rings. The third-order valence-electron chi connectivity index (χ3n) is 4.87. The number of benzene rings is 2. The zero-order valence-corrected chi connectivity index (χ0v) is 18.2. The van der Waals surface area contributed by atoms with E-state index in [2.05, 4.69) is 21.2 Å². The summed E-state index contributed by atoms with van der Waals surface area (Å²) >= 11 is 5.15. The molecule has 0 spiro atoms. The van der Waals surface area contributed by atoms with Gasteiger partial charge in [0.05, 0.1) is 12.2 Å². The summed E-state index contributed by atoms with van der Waals surface area (Å²) in [5.41, 5.74) is 6.98. The summed E-state index contributed by atoms with van der Waals surface area (Å²) < 4.78 is 0. The molecule has 0 saturated carbocycles. The van der Waals surface area contributed by atoms with Crippen LogP contribution in [-0.4, -0.2) is 35.6 Å². The molecule has 3 amide bonds. The Morgan fingerprint density at radius 3 is 2.52 bits per heavy atom. The van der Waals surface area contributed by atoms with E-state index in [1.165, 1.54) is 4.90 Å². The normalized spacial score (nSPS) is 16.4. The number of hydrogen-bond acceptors (Lipinski definition) is 6. The third-order valence-corrected chi connectivity index (χ3v) is 5.15. The van der Waals surface area contributed by atoms with E-state index in [4.69, 9.17) is 12.2 Å². The molecule has 0 aromatic heterocycles. The number of nitrogens with zero attached hydrogens (tertiary/aromatic N) is 2. The molecule has 0 bridgehead atoms. The first-order valence-electron chi connectivity index (χ1n) is 9.65. The minimum absolute atomic E-state index is 0.00475. The van der Waals surface area contributed by atoms with Crippen LogP contribution in [0.25, 0.3) is 0 Å². The summed E-state index contributed by atoms with van der Waals surface area (Å²) in [6.07, 6.45) is 1.11. The molecule has 1 fully saturated rings. The van der Waals surface area contributed by atoms with Gasteiger partial charge in [-0.3, -0.25) is 19.3 Å². The molecule has 1 atom stereocenters. The van der Waals surface area contributed by atoms with Crippen molar-refractivity contribution in [1.82, 2.24) is 10.7 Å². The Kier molecular flexibility index (Phi) is 6.76. The highest BCUT2D eigenvalue weighted by molar-refractivity contribution is 7.80. The molecule has 2 aromatic carbocycles. The van der Waals surface area contributed by atoms with Gasteiger partial charge in [-0.25, -0.2) is 5.43 Å². The molecule has 0 aliphatic carbocycles. The minimum atomic E-state index is -1.21. The smallest absolute Gasteiger partial charge is 0.259 e.